The molecule has 3 aromatic rings. The molecule has 1 aliphatic carbocycles. The van der Waals surface area contributed by atoms with Gasteiger partial charge in [0.25, 0.3) is 0 Å². The van der Waals surface area contributed by atoms with Crippen molar-refractivity contribution in [3.8, 4) is 6.07 Å². The molecule has 1 saturated carbocycles. The molecule has 2 aliphatic rings. The van der Waals surface area contributed by atoms with E-state index in [1.165, 1.54) is 0 Å². The molecule has 150 valence electrons. The summed E-state index contributed by atoms with van der Waals surface area (Å²) in [6.07, 6.45) is 10.4. The molecule has 0 amide bonds. The third-order valence-electron chi connectivity index (χ3n) is 6.27. The van der Waals surface area contributed by atoms with E-state index in [1.807, 2.05) is 12.1 Å². The van der Waals surface area contributed by atoms with Crippen molar-refractivity contribution in [3.63, 3.8) is 0 Å². The lowest BCUT2D eigenvalue weighted by atomic mass is 10.0. The van der Waals surface area contributed by atoms with E-state index < -0.39 is 0 Å². The zero-order valence-corrected chi connectivity index (χ0v) is 16.6. The molecule has 4 N–H and O–H groups in total. The van der Waals surface area contributed by atoms with Gasteiger partial charge in [0.15, 0.2) is 0 Å². The van der Waals surface area contributed by atoms with Gasteiger partial charge in [0, 0.05) is 23.5 Å². The number of anilines is 3. The van der Waals surface area contributed by atoms with Gasteiger partial charge in [-0.25, -0.2) is 15.0 Å². The molecule has 1 aromatic carbocycles. The average Bonchev–Trinajstić information content (AvgIpc) is 3.39. The number of hydrogen-bond donors (Lipinski definition) is 2. The second-order valence-corrected chi connectivity index (χ2v) is 8.08. The maximum Gasteiger partial charge on any atom is 0.142 e. The summed E-state index contributed by atoms with van der Waals surface area (Å²) in [6.45, 7) is 0.974. The number of pyridine rings is 1. The minimum atomic E-state index is 0.278. The number of nitrogens with zero attached hydrogens (tertiary/aromatic N) is 5. The van der Waals surface area contributed by atoms with Crippen LogP contribution in [0.25, 0.3) is 17.0 Å². The molecule has 0 bridgehead atoms. The van der Waals surface area contributed by atoms with Gasteiger partial charge in [0.2, 0.25) is 0 Å². The zero-order valence-electron chi connectivity index (χ0n) is 16.6. The van der Waals surface area contributed by atoms with E-state index in [4.69, 9.17) is 16.7 Å². The molecule has 0 spiro atoms. The highest BCUT2D eigenvalue weighted by Gasteiger charge is 2.33. The third-order valence-corrected chi connectivity index (χ3v) is 6.27. The maximum absolute atomic E-state index is 9.11. The molecule has 0 radical (unpaired) electrons. The van der Waals surface area contributed by atoms with E-state index in [-0.39, 0.29) is 5.82 Å². The van der Waals surface area contributed by atoms with E-state index in [0.29, 0.717) is 23.3 Å². The number of allylic oxidation sites excluding steroid dienone is 1. The number of hydrogen-bond acceptors (Lipinski definition) is 7. The van der Waals surface area contributed by atoms with E-state index >= 15 is 0 Å². The van der Waals surface area contributed by atoms with Gasteiger partial charge >= 0.3 is 0 Å². The second-order valence-electron chi connectivity index (χ2n) is 8.08. The summed E-state index contributed by atoms with van der Waals surface area (Å²) in [5, 5.41) is 10.0. The molecule has 0 saturated heterocycles. The molecule has 1 fully saturated rings. The highest BCUT2D eigenvalue weighted by atomic mass is 15.2. The van der Waals surface area contributed by atoms with E-state index in [0.717, 1.165) is 60.1 Å². The van der Waals surface area contributed by atoms with Gasteiger partial charge in [-0.05, 0) is 49.3 Å². The Hall–Kier alpha value is -3.66. The Kier molecular flexibility index (Phi) is 4.47. The summed E-state index contributed by atoms with van der Waals surface area (Å²) < 4.78 is 0. The van der Waals surface area contributed by atoms with Crippen LogP contribution in [0.5, 0.6) is 0 Å². The van der Waals surface area contributed by atoms with Crippen molar-refractivity contribution < 1.29 is 0 Å². The lowest BCUT2D eigenvalue weighted by Gasteiger charge is -2.25. The van der Waals surface area contributed by atoms with Crippen molar-refractivity contribution in [1.82, 2.24) is 15.0 Å². The quantitative estimate of drug-likeness (QED) is 0.696. The first-order chi connectivity index (χ1) is 14.6. The number of rotatable bonds is 3. The standard InChI is InChI=1S/C23H23N7/c24-12-17-11-16-5-3-15(10-20(16)29-21(17)25)2-1-14-4-6-18(9-14)30-8-7-19-22(26)27-13-28-23(19)30/h1-3,5,10-11,13-14,18H,4,6-9H2,(H2,25,29)(H2,26,27,28)/b2-1+. The van der Waals surface area contributed by atoms with Crippen LogP contribution in [0.15, 0.2) is 36.7 Å². The molecule has 2 unspecified atom stereocenters. The van der Waals surface area contributed by atoms with E-state index in [2.05, 4.69) is 44.1 Å². The van der Waals surface area contributed by atoms with Gasteiger partial charge in [-0.2, -0.15) is 5.26 Å². The third kappa shape index (κ3) is 3.20. The zero-order chi connectivity index (χ0) is 20.7. The van der Waals surface area contributed by atoms with Gasteiger partial charge in [-0.15, -0.1) is 0 Å². The van der Waals surface area contributed by atoms with Crippen molar-refractivity contribution in [2.75, 3.05) is 22.9 Å². The number of nitriles is 1. The molecule has 2 atom stereocenters. The van der Waals surface area contributed by atoms with Crippen LogP contribution in [0.4, 0.5) is 17.5 Å². The second kappa shape index (κ2) is 7.30. The number of benzene rings is 1. The van der Waals surface area contributed by atoms with Gasteiger partial charge in [-0.3, -0.25) is 0 Å². The molecule has 5 rings (SSSR count). The van der Waals surface area contributed by atoms with Gasteiger partial charge in [-0.1, -0.05) is 24.3 Å². The first kappa shape index (κ1) is 18.4. The number of nitrogens with two attached hydrogens (primary N) is 2. The summed E-state index contributed by atoms with van der Waals surface area (Å²) in [4.78, 5) is 15.4. The van der Waals surface area contributed by atoms with Crippen molar-refractivity contribution in [1.29, 1.82) is 5.26 Å². The monoisotopic (exact) mass is 397 g/mol. The van der Waals surface area contributed by atoms with Crippen LogP contribution in [0.2, 0.25) is 0 Å². The van der Waals surface area contributed by atoms with E-state index in [1.54, 1.807) is 12.4 Å². The Balaban J connectivity index is 1.30. The topological polar surface area (TPSA) is 118 Å². The molecule has 30 heavy (non-hydrogen) atoms. The van der Waals surface area contributed by atoms with Crippen LogP contribution in [-0.4, -0.2) is 27.5 Å². The molecule has 7 heteroatoms. The first-order valence-electron chi connectivity index (χ1n) is 10.3. The van der Waals surface area contributed by atoms with Gasteiger partial charge in [0.1, 0.15) is 29.9 Å². The Morgan fingerprint density at radius 2 is 2.03 bits per heavy atom. The molecular weight excluding hydrogens is 374 g/mol. The predicted octanol–water partition coefficient (Wildman–Crippen LogP) is 3.31. The SMILES string of the molecule is N#Cc1cc2ccc(/C=C/C3CCC(N4CCc5c(N)ncnc54)C3)cc2nc1N. The lowest BCUT2D eigenvalue weighted by Crippen LogP contribution is -2.32. The van der Waals surface area contributed by atoms with Crippen LogP contribution in [0.1, 0.15) is 36.0 Å². The Morgan fingerprint density at radius 3 is 2.90 bits per heavy atom. The van der Waals surface area contributed by atoms with Crippen molar-refractivity contribution >= 4 is 34.4 Å². The van der Waals surface area contributed by atoms with Gasteiger partial charge in [0.05, 0.1) is 11.1 Å². The van der Waals surface area contributed by atoms with Crippen LogP contribution in [-0.2, 0) is 6.42 Å². The number of nitrogen functional groups attached to an aromatic ring is 2. The minimum absolute atomic E-state index is 0.278. The summed E-state index contributed by atoms with van der Waals surface area (Å²) in [5.41, 5.74) is 15.3. The fourth-order valence-electron chi connectivity index (χ4n) is 4.69. The fourth-order valence-corrected chi connectivity index (χ4v) is 4.69. The lowest BCUT2D eigenvalue weighted by molar-refractivity contribution is 0.599. The molecule has 2 aromatic heterocycles. The molecule has 3 heterocycles. The summed E-state index contributed by atoms with van der Waals surface area (Å²) in [7, 11) is 0. The number of aromatic nitrogens is 3. The molecule has 7 nitrogen and oxygen atoms in total. The molecular formula is C23H23N7. The highest BCUT2D eigenvalue weighted by molar-refractivity contribution is 5.84. The summed E-state index contributed by atoms with van der Waals surface area (Å²) >= 11 is 0. The molecule has 1 aliphatic heterocycles. The normalized spacial score (nSPS) is 20.7. The Labute approximate surface area is 175 Å². The smallest absolute Gasteiger partial charge is 0.142 e. The van der Waals surface area contributed by atoms with Crippen molar-refractivity contribution in [2.24, 2.45) is 5.92 Å². The summed E-state index contributed by atoms with van der Waals surface area (Å²) in [5.74, 6) is 2.45. The van der Waals surface area contributed by atoms with E-state index in [9.17, 15) is 0 Å². The number of fused-ring (bicyclic) bond motifs is 2. The highest BCUT2D eigenvalue weighted by Crippen LogP contribution is 2.37. The Bertz CT molecular complexity index is 1190. The fraction of sp³-hybridized carbons (Fsp3) is 0.304. The van der Waals surface area contributed by atoms with Crippen LogP contribution >= 0.6 is 0 Å². The Morgan fingerprint density at radius 1 is 1.13 bits per heavy atom. The van der Waals surface area contributed by atoms with Crippen LogP contribution in [0, 0.1) is 17.2 Å². The van der Waals surface area contributed by atoms with Crippen LogP contribution < -0.4 is 16.4 Å². The average molecular weight is 397 g/mol. The van der Waals surface area contributed by atoms with Gasteiger partial charge < -0.3 is 16.4 Å². The summed E-state index contributed by atoms with van der Waals surface area (Å²) in [6, 6.07) is 10.4. The van der Waals surface area contributed by atoms with Crippen LogP contribution in [0.3, 0.4) is 0 Å². The largest absolute Gasteiger partial charge is 0.383 e. The predicted molar refractivity (Wildman–Crippen MR) is 119 cm³/mol. The first-order valence-corrected chi connectivity index (χ1v) is 10.3. The minimum Gasteiger partial charge on any atom is -0.383 e. The maximum atomic E-state index is 9.11. The van der Waals surface area contributed by atoms with Crippen molar-refractivity contribution in [3.05, 3.63) is 53.4 Å². The van der Waals surface area contributed by atoms with Crippen molar-refractivity contribution in [2.45, 2.75) is 31.7 Å².